The van der Waals surface area contributed by atoms with Crippen molar-refractivity contribution >= 4 is 38.7 Å². The number of rotatable bonds is 1. The van der Waals surface area contributed by atoms with Crippen molar-refractivity contribution in [1.29, 1.82) is 5.41 Å². The summed E-state index contributed by atoms with van der Waals surface area (Å²) in [6.45, 7) is 0. The lowest BCUT2D eigenvalue weighted by Gasteiger charge is -2.12. The number of aromatic amines is 1. The van der Waals surface area contributed by atoms with Crippen LogP contribution in [0.2, 0.25) is 0 Å². The number of hydrogen-bond donors (Lipinski definition) is 3. The predicted octanol–water partition coefficient (Wildman–Crippen LogP) is 1.90. The molecule has 0 unspecified atom stereocenters. The van der Waals surface area contributed by atoms with E-state index < -0.39 is 0 Å². The molecule has 0 aliphatic carbocycles. The average molecular weight is 295 g/mol. The Kier molecular flexibility index (Phi) is 2.89. The van der Waals surface area contributed by atoms with Crippen LogP contribution in [0.25, 0.3) is 10.9 Å². The van der Waals surface area contributed by atoms with Crippen LogP contribution in [-0.2, 0) is 0 Å². The Bertz CT molecular complexity index is 605. The van der Waals surface area contributed by atoms with Gasteiger partial charge in [-0.2, -0.15) is 0 Å². The van der Waals surface area contributed by atoms with Crippen LogP contribution in [-0.4, -0.2) is 28.8 Å². The number of amides is 1. The lowest BCUT2D eigenvalue weighted by molar-refractivity contribution is 0.0864. The molecule has 0 saturated carbocycles. The number of H-pyrrole nitrogens is 1. The summed E-state index contributed by atoms with van der Waals surface area (Å²) in [7, 11) is 1.46. The van der Waals surface area contributed by atoms with Crippen LogP contribution in [0.4, 0.5) is 0 Å². The van der Waals surface area contributed by atoms with Gasteiger partial charge in [0.15, 0.2) is 5.96 Å². The Morgan fingerprint density at radius 2 is 2.24 bits per heavy atom. The molecule has 88 valence electrons. The highest BCUT2D eigenvalue weighted by Gasteiger charge is 2.16. The number of carbonyl (C=O) groups excluding carboxylic acids is 1. The minimum Gasteiger partial charge on any atom is -0.370 e. The first-order chi connectivity index (χ1) is 8.00. The summed E-state index contributed by atoms with van der Waals surface area (Å²) in [5.41, 5.74) is 6.53. The van der Waals surface area contributed by atoms with Crippen LogP contribution in [0.3, 0.4) is 0 Å². The highest BCUT2D eigenvalue weighted by atomic mass is 79.9. The third kappa shape index (κ3) is 2.03. The number of guanidine groups is 1. The minimum absolute atomic E-state index is 0.285. The highest BCUT2D eigenvalue weighted by molar-refractivity contribution is 9.10. The third-order valence-electron chi connectivity index (χ3n) is 2.51. The lowest BCUT2D eigenvalue weighted by atomic mass is 10.2. The van der Waals surface area contributed by atoms with Crippen LogP contribution in [0, 0.1) is 5.41 Å². The Morgan fingerprint density at radius 3 is 2.82 bits per heavy atom. The van der Waals surface area contributed by atoms with Crippen molar-refractivity contribution in [3.05, 3.63) is 34.4 Å². The number of benzene rings is 1. The summed E-state index contributed by atoms with van der Waals surface area (Å²) in [5.74, 6) is -0.617. The summed E-state index contributed by atoms with van der Waals surface area (Å²) in [5, 5.41) is 8.14. The Hall–Kier alpha value is -1.82. The molecule has 2 aromatic rings. The number of hydrogen-bond acceptors (Lipinski definition) is 2. The van der Waals surface area contributed by atoms with Gasteiger partial charge in [0, 0.05) is 22.4 Å². The van der Waals surface area contributed by atoms with Gasteiger partial charge in [-0.1, -0.05) is 22.0 Å². The van der Waals surface area contributed by atoms with Crippen LogP contribution in [0.15, 0.2) is 28.7 Å². The first-order valence-corrected chi connectivity index (χ1v) is 5.69. The van der Waals surface area contributed by atoms with Crippen molar-refractivity contribution in [2.45, 2.75) is 0 Å². The van der Waals surface area contributed by atoms with Gasteiger partial charge in [0.2, 0.25) is 0 Å². The van der Waals surface area contributed by atoms with E-state index in [-0.39, 0.29) is 11.9 Å². The van der Waals surface area contributed by atoms with Gasteiger partial charge in [0.1, 0.15) is 5.69 Å². The molecule has 0 spiro atoms. The fourth-order valence-electron chi connectivity index (χ4n) is 1.52. The van der Waals surface area contributed by atoms with Gasteiger partial charge in [0.05, 0.1) is 0 Å². The van der Waals surface area contributed by atoms with Gasteiger partial charge >= 0.3 is 0 Å². The van der Waals surface area contributed by atoms with Crippen LogP contribution < -0.4 is 5.73 Å². The molecular weight excluding hydrogens is 284 g/mol. The van der Waals surface area contributed by atoms with E-state index in [0.717, 1.165) is 20.3 Å². The zero-order valence-electron chi connectivity index (χ0n) is 9.12. The molecule has 5 nitrogen and oxygen atoms in total. The Labute approximate surface area is 106 Å². The predicted molar refractivity (Wildman–Crippen MR) is 70.0 cm³/mol. The van der Waals surface area contributed by atoms with E-state index in [1.165, 1.54) is 7.05 Å². The van der Waals surface area contributed by atoms with Gasteiger partial charge in [-0.25, -0.2) is 0 Å². The second-order valence-corrected chi connectivity index (χ2v) is 4.49. The number of nitrogens with two attached hydrogens (primary N) is 1. The first kappa shape index (κ1) is 11.7. The minimum atomic E-state index is -0.333. The molecule has 1 amide bonds. The number of aromatic nitrogens is 1. The van der Waals surface area contributed by atoms with Crippen molar-refractivity contribution in [2.75, 3.05) is 7.05 Å². The zero-order chi connectivity index (χ0) is 12.6. The van der Waals surface area contributed by atoms with Crippen molar-refractivity contribution in [1.82, 2.24) is 9.88 Å². The van der Waals surface area contributed by atoms with Crippen molar-refractivity contribution in [2.24, 2.45) is 5.73 Å². The second-order valence-electron chi connectivity index (χ2n) is 3.63. The average Bonchev–Trinajstić information content (AvgIpc) is 2.72. The maximum atomic E-state index is 11.9. The molecule has 4 N–H and O–H groups in total. The largest absolute Gasteiger partial charge is 0.370 e. The maximum Gasteiger partial charge on any atom is 0.276 e. The van der Waals surface area contributed by atoms with Gasteiger partial charge in [-0.15, -0.1) is 0 Å². The number of carbonyl (C=O) groups is 1. The molecule has 17 heavy (non-hydrogen) atoms. The fraction of sp³-hybridized carbons (Fsp3) is 0.0909. The second kappa shape index (κ2) is 4.21. The number of nitrogens with zero attached hydrogens (tertiary/aromatic N) is 1. The summed E-state index contributed by atoms with van der Waals surface area (Å²) >= 11 is 3.41. The molecule has 1 aromatic carbocycles. The molecule has 2 rings (SSSR count). The first-order valence-electron chi connectivity index (χ1n) is 4.90. The van der Waals surface area contributed by atoms with E-state index in [1.807, 2.05) is 18.2 Å². The Morgan fingerprint density at radius 1 is 1.53 bits per heavy atom. The van der Waals surface area contributed by atoms with E-state index >= 15 is 0 Å². The SMILES string of the molecule is CN(C(=N)N)C(=O)c1cc2c(Br)cccc2[nH]1. The smallest absolute Gasteiger partial charge is 0.276 e. The number of fused-ring (bicyclic) bond motifs is 1. The molecule has 0 radical (unpaired) electrons. The van der Waals surface area contributed by atoms with Crippen molar-refractivity contribution < 1.29 is 4.79 Å². The van der Waals surface area contributed by atoms with Gasteiger partial charge < -0.3 is 10.7 Å². The summed E-state index contributed by atoms with van der Waals surface area (Å²) < 4.78 is 0.913. The molecule has 0 fully saturated rings. The van der Waals surface area contributed by atoms with Gasteiger partial charge in [-0.3, -0.25) is 15.1 Å². The lowest BCUT2D eigenvalue weighted by Crippen LogP contribution is -2.38. The monoisotopic (exact) mass is 294 g/mol. The topological polar surface area (TPSA) is 86.0 Å². The molecular formula is C11H11BrN4O. The molecule has 0 aliphatic heterocycles. The van der Waals surface area contributed by atoms with Gasteiger partial charge in [-0.05, 0) is 18.2 Å². The number of nitrogens with one attached hydrogen (secondary N) is 2. The molecule has 1 heterocycles. The highest BCUT2D eigenvalue weighted by Crippen LogP contribution is 2.24. The Balaban J connectivity index is 2.47. The van der Waals surface area contributed by atoms with E-state index in [9.17, 15) is 4.79 Å². The van der Waals surface area contributed by atoms with Crippen LogP contribution in [0.1, 0.15) is 10.5 Å². The summed E-state index contributed by atoms with van der Waals surface area (Å²) in [4.78, 5) is 16.0. The molecule has 0 aliphatic rings. The summed E-state index contributed by atoms with van der Waals surface area (Å²) in [6, 6.07) is 7.40. The van der Waals surface area contributed by atoms with Crippen LogP contribution in [0.5, 0.6) is 0 Å². The van der Waals surface area contributed by atoms with Gasteiger partial charge in [0.25, 0.3) is 5.91 Å². The van der Waals surface area contributed by atoms with Crippen molar-refractivity contribution in [3.8, 4) is 0 Å². The standard InChI is InChI=1S/C11H11BrN4O/c1-16(11(13)14)10(17)9-5-6-7(12)3-2-4-8(6)15-9/h2-5,15H,1H3,(H3,13,14). The normalized spacial score (nSPS) is 10.5. The van der Waals surface area contributed by atoms with E-state index in [0.29, 0.717) is 5.69 Å². The van der Waals surface area contributed by atoms with Crippen molar-refractivity contribution in [3.63, 3.8) is 0 Å². The molecule has 0 bridgehead atoms. The third-order valence-corrected chi connectivity index (χ3v) is 3.20. The molecule has 1 aromatic heterocycles. The zero-order valence-corrected chi connectivity index (χ0v) is 10.7. The fourth-order valence-corrected chi connectivity index (χ4v) is 2.00. The molecule has 6 heteroatoms. The quantitative estimate of drug-likeness (QED) is 0.554. The van der Waals surface area contributed by atoms with E-state index in [2.05, 4.69) is 20.9 Å². The summed E-state index contributed by atoms with van der Waals surface area (Å²) in [6.07, 6.45) is 0. The maximum absolute atomic E-state index is 11.9. The molecule has 0 atom stereocenters. The molecule has 0 saturated heterocycles. The van der Waals surface area contributed by atoms with E-state index in [4.69, 9.17) is 11.1 Å². The van der Waals surface area contributed by atoms with Crippen LogP contribution >= 0.6 is 15.9 Å². The number of halogens is 1. The van der Waals surface area contributed by atoms with E-state index in [1.54, 1.807) is 6.07 Å².